The van der Waals surface area contributed by atoms with Crippen LogP contribution in [0.2, 0.25) is 0 Å². The van der Waals surface area contributed by atoms with Crippen LogP contribution in [0.25, 0.3) is 11.3 Å². The number of anilines is 2. The zero-order valence-electron chi connectivity index (χ0n) is 15.3. The predicted octanol–water partition coefficient (Wildman–Crippen LogP) is 5.06. The van der Waals surface area contributed by atoms with Crippen LogP contribution in [0.15, 0.2) is 60.0 Å². The second kappa shape index (κ2) is 8.39. The molecule has 1 fully saturated rings. The van der Waals surface area contributed by atoms with E-state index in [4.69, 9.17) is 0 Å². The van der Waals surface area contributed by atoms with Gasteiger partial charge >= 0.3 is 6.03 Å². The van der Waals surface area contributed by atoms with E-state index in [9.17, 15) is 9.18 Å². The summed E-state index contributed by atoms with van der Waals surface area (Å²) < 4.78 is 13.0. The van der Waals surface area contributed by atoms with Gasteiger partial charge in [-0.05, 0) is 37.1 Å². The van der Waals surface area contributed by atoms with E-state index < -0.39 is 0 Å². The molecule has 2 amide bonds. The van der Waals surface area contributed by atoms with Crippen LogP contribution in [0.5, 0.6) is 0 Å². The monoisotopic (exact) mass is 396 g/mol. The Balaban J connectivity index is 1.28. The van der Waals surface area contributed by atoms with Crippen molar-refractivity contribution in [1.82, 2.24) is 9.88 Å². The maximum absolute atomic E-state index is 13.0. The third kappa shape index (κ3) is 4.48. The minimum Gasteiger partial charge on any atom is -0.382 e. The van der Waals surface area contributed by atoms with Crippen LogP contribution in [0.1, 0.15) is 12.8 Å². The Kier molecular flexibility index (Phi) is 5.53. The van der Waals surface area contributed by atoms with E-state index in [1.165, 1.54) is 23.5 Å². The Bertz CT molecular complexity index is 921. The summed E-state index contributed by atoms with van der Waals surface area (Å²) in [6, 6.07) is 16.4. The molecule has 0 bridgehead atoms. The molecular weight excluding hydrogens is 375 g/mol. The molecule has 0 saturated carbocycles. The number of hydrogen-bond acceptors (Lipinski definition) is 4. The third-order valence-electron chi connectivity index (χ3n) is 4.78. The first-order valence-electron chi connectivity index (χ1n) is 9.26. The summed E-state index contributed by atoms with van der Waals surface area (Å²) in [5.74, 6) is -0.241. The first kappa shape index (κ1) is 18.4. The number of halogens is 1. The molecule has 0 radical (unpaired) electrons. The number of carbonyl (C=O) groups is 1. The predicted molar refractivity (Wildman–Crippen MR) is 111 cm³/mol. The minimum absolute atomic E-state index is 0.116. The van der Waals surface area contributed by atoms with Crippen molar-refractivity contribution < 1.29 is 9.18 Å². The largest absolute Gasteiger partial charge is 0.382 e. The molecule has 0 aliphatic carbocycles. The Morgan fingerprint density at radius 1 is 1.07 bits per heavy atom. The summed E-state index contributed by atoms with van der Waals surface area (Å²) >= 11 is 1.43. The molecule has 4 rings (SSSR count). The second-order valence-corrected chi connectivity index (χ2v) is 7.60. The molecule has 1 aromatic heterocycles. The Morgan fingerprint density at radius 3 is 2.50 bits per heavy atom. The van der Waals surface area contributed by atoms with Crippen molar-refractivity contribution in [1.29, 1.82) is 0 Å². The van der Waals surface area contributed by atoms with Crippen LogP contribution >= 0.6 is 11.3 Å². The van der Waals surface area contributed by atoms with Gasteiger partial charge in [0.05, 0.1) is 5.69 Å². The lowest BCUT2D eigenvalue weighted by Gasteiger charge is -2.32. The standard InChI is InChI=1S/C21H21FN4OS/c22-16-6-8-17(9-7-16)23-18-10-12-26(13-11-18)21(27)25-20-24-19(14-28-20)15-4-2-1-3-5-15/h1-9,14,18,23H,10-13H2,(H,24,25,27). The normalized spacial score (nSPS) is 14.7. The summed E-state index contributed by atoms with van der Waals surface area (Å²) in [5.41, 5.74) is 2.80. The maximum Gasteiger partial charge on any atom is 0.323 e. The average molecular weight is 396 g/mol. The van der Waals surface area contributed by atoms with Crippen LogP contribution < -0.4 is 10.6 Å². The van der Waals surface area contributed by atoms with Crippen molar-refractivity contribution in [3.63, 3.8) is 0 Å². The lowest BCUT2D eigenvalue weighted by Crippen LogP contribution is -2.44. The van der Waals surface area contributed by atoms with Gasteiger partial charge in [0.25, 0.3) is 0 Å². The molecular formula is C21H21FN4OS. The average Bonchev–Trinajstić information content (AvgIpc) is 3.19. The Morgan fingerprint density at radius 2 is 1.79 bits per heavy atom. The first-order valence-corrected chi connectivity index (χ1v) is 10.1. The van der Waals surface area contributed by atoms with Gasteiger partial charge in [-0.25, -0.2) is 14.2 Å². The fourth-order valence-electron chi connectivity index (χ4n) is 3.25. The van der Waals surface area contributed by atoms with Crippen LogP contribution in [-0.4, -0.2) is 35.0 Å². The zero-order valence-corrected chi connectivity index (χ0v) is 16.1. The molecule has 7 heteroatoms. The number of nitrogens with one attached hydrogen (secondary N) is 2. The topological polar surface area (TPSA) is 57.3 Å². The summed E-state index contributed by atoms with van der Waals surface area (Å²) in [6.45, 7) is 1.34. The number of aromatic nitrogens is 1. The molecule has 5 nitrogen and oxygen atoms in total. The van der Waals surface area contributed by atoms with Crippen molar-refractivity contribution in [2.24, 2.45) is 0 Å². The molecule has 2 aromatic carbocycles. The van der Waals surface area contributed by atoms with E-state index in [0.717, 1.165) is 29.8 Å². The van der Waals surface area contributed by atoms with Gasteiger partial charge in [0, 0.05) is 35.8 Å². The molecule has 144 valence electrons. The van der Waals surface area contributed by atoms with E-state index in [-0.39, 0.29) is 17.9 Å². The third-order valence-corrected chi connectivity index (χ3v) is 5.54. The maximum atomic E-state index is 13.0. The number of benzene rings is 2. The molecule has 28 heavy (non-hydrogen) atoms. The summed E-state index contributed by atoms with van der Waals surface area (Å²) in [7, 11) is 0. The van der Waals surface area contributed by atoms with Gasteiger partial charge in [-0.15, -0.1) is 11.3 Å². The van der Waals surface area contributed by atoms with E-state index >= 15 is 0 Å². The number of carbonyl (C=O) groups excluding carboxylic acids is 1. The van der Waals surface area contributed by atoms with Gasteiger partial charge in [-0.1, -0.05) is 30.3 Å². The zero-order chi connectivity index (χ0) is 19.3. The number of hydrogen-bond donors (Lipinski definition) is 2. The van der Waals surface area contributed by atoms with Gasteiger partial charge < -0.3 is 10.2 Å². The fourth-order valence-corrected chi connectivity index (χ4v) is 3.96. The van der Waals surface area contributed by atoms with E-state index in [2.05, 4.69) is 15.6 Å². The number of nitrogens with zero attached hydrogens (tertiary/aromatic N) is 2. The highest BCUT2D eigenvalue weighted by atomic mass is 32.1. The second-order valence-electron chi connectivity index (χ2n) is 6.75. The minimum atomic E-state index is -0.241. The number of thiazole rings is 1. The highest BCUT2D eigenvalue weighted by Crippen LogP contribution is 2.25. The van der Waals surface area contributed by atoms with Crippen molar-refractivity contribution in [2.75, 3.05) is 23.7 Å². The van der Waals surface area contributed by atoms with Crippen LogP contribution in [0.4, 0.5) is 20.0 Å². The fraction of sp³-hybridized carbons (Fsp3) is 0.238. The lowest BCUT2D eigenvalue weighted by atomic mass is 10.0. The van der Waals surface area contributed by atoms with Crippen molar-refractivity contribution in [2.45, 2.75) is 18.9 Å². The molecule has 0 spiro atoms. The quantitative estimate of drug-likeness (QED) is 0.648. The molecule has 2 heterocycles. The van der Waals surface area contributed by atoms with Crippen molar-refractivity contribution in [3.8, 4) is 11.3 Å². The Hall–Kier alpha value is -2.93. The van der Waals surface area contributed by atoms with Gasteiger partial charge in [0.15, 0.2) is 5.13 Å². The highest BCUT2D eigenvalue weighted by molar-refractivity contribution is 7.14. The van der Waals surface area contributed by atoms with Gasteiger partial charge in [0.2, 0.25) is 0 Å². The van der Waals surface area contributed by atoms with Gasteiger partial charge in [-0.3, -0.25) is 5.32 Å². The van der Waals surface area contributed by atoms with Crippen molar-refractivity contribution in [3.05, 3.63) is 65.8 Å². The summed E-state index contributed by atoms with van der Waals surface area (Å²) in [6.07, 6.45) is 1.69. The number of amides is 2. The number of rotatable bonds is 4. The van der Waals surface area contributed by atoms with Gasteiger partial charge in [0.1, 0.15) is 5.82 Å². The molecule has 3 aromatic rings. The highest BCUT2D eigenvalue weighted by Gasteiger charge is 2.23. The van der Waals surface area contributed by atoms with E-state index in [0.29, 0.717) is 18.2 Å². The lowest BCUT2D eigenvalue weighted by molar-refractivity contribution is 0.197. The van der Waals surface area contributed by atoms with Crippen LogP contribution in [0.3, 0.4) is 0 Å². The molecule has 1 aliphatic heterocycles. The summed E-state index contributed by atoms with van der Waals surface area (Å²) in [4.78, 5) is 18.9. The number of likely N-dealkylation sites (tertiary alicyclic amines) is 1. The van der Waals surface area contributed by atoms with Crippen molar-refractivity contribution >= 4 is 28.2 Å². The molecule has 1 saturated heterocycles. The molecule has 1 aliphatic rings. The van der Waals surface area contributed by atoms with Crippen LogP contribution in [0, 0.1) is 5.82 Å². The molecule has 0 unspecified atom stereocenters. The molecule has 2 N–H and O–H groups in total. The summed E-state index contributed by atoms with van der Waals surface area (Å²) in [5, 5.41) is 8.86. The number of urea groups is 1. The number of piperidine rings is 1. The first-order chi connectivity index (χ1) is 13.7. The SMILES string of the molecule is O=C(Nc1nc(-c2ccccc2)cs1)N1CCC(Nc2ccc(F)cc2)CC1. The van der Waals surface area contributed by atoms with E-state index in [1.54, 1.807) is 12.1 Å². The van der Waals surface area contributed by atoms with Gasteiger partial charge in [-0.2, -0.15) is 0 Å². The van der Waals surface area contributed by atoms with Crippen LogP contribution in [-0.2, 0) is 0 Å². The van der Waals surface area contributed by atoms with E-state index in [1.807, 2.05) is 40.6 Å². The smallest absolute Gasteiger partial charge is 0.323 e. The molecule has 0 atom stereocenters. The Labute approximate surface area is 167 Å².